The van der Waals surface area contributed by atoms with E-state index in [0.29, 0.717) is 12.2 Å². The first kappa shape index (κ1) is 15.0. The van der Waals surface area contributed by atoms with Gasteiger partial charge in [-0.15, -0.1) is 0 Å². The molecule has 0 aliphatic carbocycles. The Hall–Kier alpha value is -1.36. The fraction of sp³-hybridized carbons (Fsp3) is 0.733. The van der Waals surface area contributed by atoms with Crippen LogP contribution < -0.4 is 10.6 Å². The molecule has 1 aliphatic rings. The van der Waals surface area contributed by atoms with Gasteiger partial charge in [-0.2, -0.15) is 5.10 Å². The van der Waals surface area contributed by atoms with E-state index in [4.69, 9.17) is 0 Å². The molecule has 5 heteroatoms. The molecule has 1 aromatic heterocycles. The van der Waals surface area contributed by atoms with Crippen LogP contribution in [0.3, 0.4) is 0 Å². The highest BCUT2D eigenvalue weighted by Crippen LogP contribution is 2.26. The van der Waals surface area contributed by atoms with Crippen molar-refractivity contribution in [3.8, 4) is 0 Å². The minimum absolute atomic E-state index is 0.0213. The second kappa shape index (κ2) is 5.56. The van der Waals surface area contributed by atoms with E-state index in [1.807, 2.05) is 6.07 Å². The normalized spacial score (nSPS) is 18.8. The van der Waals surface area contributed by atoms with Gasteiger partial charge in [-0.1, -0.05) is 27.7 Å². The molecule has 3 N–H and O–H groups in total. The van der Waals surface area contributed by atoms with E-state index in [-0.39, 0.29) is 16.7 Å². The van der Waals surface area contributed by atoms with Crippen molar-refractivity contribution in [2.24, 2.45) is 5.41 Å². The smallest absolute Gasteiger partial charge is 0.271 e. The second-order valence-corrected chi connectivity index (χ2v) is 7.16. The molecule has 0 unspecified atom stereocenters. The number of carbonyl (C=O) groups is 1. The Morgan fingerprint density at radius 3 is 2.60 bits per heavy atom. The van der Waals surface area contributed by atoms with Crippen LogP contribution in [0.4, 0.5) is 0 Å². The first-order valence-electron chi connectivity index (χ1n) is 7.35. The zero-order valence-electron chi connectivity index (χ0n) is 13.0. The summed E-state index contributed by atoms with van der Waals surface area (Å²) in [5, 5.41) is 13.4. The minimum Gasteiger partial charge on any atom is -0.350 e. The number of amides is 1. The van der Waals surface area contributed by atoms with Crippen molar-refractivity contribution < 1.29 is 4.79 Å². The van der Waals surface area contributed by atoms with Gasteiger partial charge in [-0.05, 0) is 37.4 Å². The lowest BCUT2D eigenvalue weighted by molar-refractivity contribution is 0.0917. The largest absolute Gasteiger partial charge is 0.350 e. The summed E-state index contributed by atoms with van der Waals surface area (Å²) in [4.78, 5) is 12.2. The Labute approximate surface area is 120 Å². The Kier molecular flexibility index (Phi) is 4.18. The van der Waals surface area contributed by atoms with E-state index in [0.717, 1.165) is 31.6 Å². The van der Waals surface area contributed by atoms with Crippen LogP contribution >= 0.6 is 0 Å². The summed E-state index contributed by atoms with van der Waals surface area (Å²) < 4.78 is 0. The van der Waals surface area contributed by atoms with E-state index < -0.39 is 0 Å². The molecule has 0 atom stereocenters. The second-order valence-electron chi connectivity index (χ2n) is 7.16. The number of nitrogens with one attached hydrogen (secondary N) is 3. The number of rotatable bonds is 3. The predicted octanol–water partition coefficient (Wildman–Crippen LogP) is 1.83. The van der Waals surface area contributed by atoms with E-state index in [1.165, 1.54) is 0 Å². The summed E-state index contributed by atoms with van der Waals surface area (Å²) in [6.45, 7) is 11.3. The average Bonchev–Trinajstić information content (AvgIpc) is 2.86. The van der Waals surface area contributed by atoms with Crippen LogP contribution in [0.1, 0.15) is 56.7 Å². The third-order valence-corrected chi connectivity index (χ3v) is 4.10. The number of hydrogen-bond acceptors (Lipinski definition) is 3. The fourth-order valence-electron chi connectivity index (χ4n) is 2.41. The SMILES string of the molecule is CC1(CNC(=O)c2cc(C(C)(C)C)[nH]n2)CCNCC1. The maximum Gasteiger partial charge on any atom is 0.271 e. The molecule has 0 saturated carbocycles. The molecule has 20 heavy (non-hydrogen) atoms. The molecule has 2 rings (SSSR count). The van der Waals surface area contributed by atoms with Crippen molar-refractivity contribution in [3.63, 3.8) is 0 Å². The standard InChI is InChI=1S/C15H26N4O/c1-14(2,3)12-9-11(18-19-12)13(20)17-10-15(4)5-7-16-8-6-15/h9,16H,5-8,10H2,1-4H3,(H,17,20)(H,18,19). The maximum atomic E-state index is 12.2. The van der Waals surface area contributed by atoms with Crippen LogP contribution in [0.5, 0.6) is 0 Å². The molecular formula is C15H26N4O. The topological polar surface area (TPSA) is 69.8 Å². The fourth-order valence-corrected chi connectivity index (χ4v) is 2.41. The van der Waals surface area contributed by atoms with Crippen LogP contribution in [0.25, 0.3) is 0 Å². The summed E-state index contributed by atoms with van der Waals surface area (Å²) in [6.07, 6.45) is 2.20. The van der Waals surface area contributed by atoms with Crippen molar-refractivity contribution in [3.05, 3.63) is 17.5 Å². The summed E-state index contributed by atoms with van der Waals surface area (Å²) in [5.74, 6) is -0.0866. The van der Waals surface area contributed by atoms with Crippen molar-refractivity contribution in [1.82, 2.24) is 20.8 Å². The molecule has 2 heterocycles. The molecule has 1 saturated heterocycles. The van der Waals surface area contributed by atoms with Gasteiger partial charge in [0.1, 0.15) is 5.69 Å². The number of H-pyrrole nitrogens is 1. The van der Waals surface area contributed by atoms with Gasteiger partial charge in [0, 0.05) is 17.7 Å². The van der Waals surface area contributed by atoms with Crippen molar-refractivity contribution >= 4 is 5.91 Å². The van der Waals surface area contributed by atoms with Gasteiger partial charge in [-0.3, -0.25) is 9.89 Å². The third kappa shape index (κ3) is 3.60. The van der Waals surface area contributed by atoms with Gasteiger partial charge >= 0.3 is 0 Å². The van der Waals surface area contributed by atoms with Gasteiger partial charge < -0.3 is 10.6 Å². The predicted molar refractivity (Wildman–Crippen MR) is 79.8 cm³/mol. The first-order chi connectivity index (χ1) is 9.30. The Bertz CT molecular complexity index is 466. The molecule has 112 valence electrons. The molecule has 0 aromatic carbocycles. The van der Waals surface area contributed by atoms with Gasteiger partial charge in [0.15, 0.2) is 0 Å². The average molecular weight is 278 g/mol. The number of aromatic amines is 1. The minimum atomic E-state index is -0.0866. The molecular weight excluding hydrogens is 252 g/mol. The highest BCUT2D eigenvalue weighted by atomic mass is 16.1. The van der Waals surface area contributed by atoms with Crippen LogP contribution in [0, 0.1) is 5.41 Å². The van der Waals surface area contributed by atoms with Crippen LogP contribution in [-0.2, 0) is 5.41 Å². The summed E-state index contributed by atoms with van der Waals surface area (Å²) in [5.41, 5.74) is 1.64. The number of hydrogen-bond donors (Lipinski definition) is 3. The number of carbonyl (C=O) groups excluding carboxylic acids is 1. The van der Waals surface area contributed by atoms with E-state index >= 15 is 0 Å². The zero-order chi connectivity index (χ0) is 14.8. The lowest BCUT2D eigenvalue weighted by Crippen LogP contribution is -2.43. The number of piperidine rings is 1. The molecule has 1 aliphatic heterocycles. The highest BCUT2D eigenvalue weighted by Gasteiger charge is 2.27. The number of nitrogens with zero attached hydrogens (tertiary/aromatic N) is 1. The summed E-state index contributed by atoms with van der Waals surface area (Å²) in [6, 6.07) is 1.85. The van der Waals surface area contributed by atoms with Crippen LogP contribution in [-0.4, -0.2) is 35.7 Å². The molecule has 1 amide bonds. The van der Waals surface area contributed by atoms with Gasteiger partial charge in [0.2, 0.25) is 0 Å². The van der Waals surface area contributed by atoms with Crippen molar-refractivity contribution in [2.75, 3.05) is 19.6 Å². The highest BCUT2D eigenvalue weighted by molar-refractivity contribution is 5.92. The van der Waals surface area contributed by atoms with Gasteiger partial charge in [-0.25, -0.2) is 0 Å². The van der Waals surface area contributed by atoms with E-state index in [2.05, 4.69) is 48.5 Å². The Morgan fingerprint density at radius 1 is 1.40 bits per heavy atom. The molecule has 5 nitrogen and oxygen atoms in total. The van der Waals surface area contributed by atoms with Gasteiger partial charge in [0.05, 0.1) is 0 Å². The quantitative estimate of drug-likeness (QED) is 0.790. The third-order valence-electron chi connectivity index (χ3n) is 4.10. The van der Waals surface area contributed by atoms with Crippen LogP contribution in [0.2, 0.25) is 0 Å². The number of aromatic nitrogens is 2. The lowest BCUT2D eigenvalue weighted by atomic mass is 9.81. The summed E-state index contributed by atoms with van der Waals surface area (Å²) >= 11 is 0. The Balaban J connectivity index is 1.93. The first-order valence-corrected chi connectivity index (χ1v) is 7.35. The Morgan fingerprint density at radius 2 is 2.05 bits per heavy atom. The molecule has 0 spiro atoms. The van der Waals surface area contributed by atoms with Gasteiger partial charge in [0.25, 0.3) is 5.91 Å². The molecule has 0 bridgehead atoms. The summed E-state index contributed by atoms with van der Waals surface area (Å²) in [7, 11) is 0. The molecule has 1 fully saturated rings. The zero-order valence-corrected chi connectivity index (χ0v) is 13.0. The van der Waals surface area contributed by atoms with Crippen molar-refractivity contribution in [1.29, 1.82) is 0 Å². The maximum absolute atomic E-state index is 12.2. The molecule has 0 radical (unpaired) electrons. The van der Waals surface area contributed by atoms with E-state index in [9.17, 15) is 4.79 Å². The van der Waals surface area contributed by atoms with Crippen LogP contribution in [0.15, 0.2) is 6.07 Å². The van der Waals surface area contributed by atoms with E-state index in [1.54, 1.807) is 0 Å². The molecule has 1 aromatic rings. The van der Waals surface area contributed by atoms with Crippen molar-refractivity contribution in [2.45, 2.75) is 46.0 Å². The monoisotopic (exact) mass is 278 g/mol. The lowest BCUT2D eigenvalue weighted by Gasteiger charge is -2.34.